The van der Waals surface area contributed by atoms with Crippen LogP contribution in [0.1, 0.15) is 23.0 Å². The summed E-state index contributed by atoms with van der Waals surface area (Å²) in [6, 6.07) is 4.58. The number of rotatable bonds is 7. The van der Waals surface area contributed by atoms with E-state index < -0.39 is 16.0 Å². The number of carbonyl (C=O) groups excluding carboxylic acids is 1. The first-order valence-corrected chi connectivity index (χ1v) is 10.5. The molecule has 148 valence electrons. The van der Waals surface area contributed by atoms with Crippen molar-refractivity contribution in [1.82, 2.24) is 14.9 Å². The Bertz CT molecular complexity index is 916. The van der Waals surface area contributed by atoms with Crippen LogP contribution in [-0.4, -0.2) is 65.2 Å². The second-order valence-electron chi connectivity index (χ2n) is 6.42. The Morgan fingerprint density at radius 3 is 2.78 bits per heavy atom. The molecular formula is C18H25N3O5S. The molecule has 1 aliphatic heterocycles. The second kappa shape index (κ2) is 8.39. The second-order valence-corrected chi connectivity index (χ2v) is 8.19. The number of benzene rings is 1. The summed E-state index contributed by atoms with van der Waals surface area (Å²) < 4.78 is 38.4. The van der Waals surface area contributed by atoms with E-state index >= 15 is 0 Å². The van der Waals surface area contributed by atoms with Gasteiger partial charge in [0.05, 0.1) is 11.5 Å². The minimum Gasteiger partial charge on any atom is -0.460 e. The molecule has 0 bridgehead atoms. The fourth-order valence-corrected chi connectivity index (χ4v) is 4.16. The molecule has 9 heteroatoms. The van der Waals surface area contributed by atoms with Gasteiger partial charge in [-0.05, 0) is 32.0 Å². The molecule has 1 fully saturated rings. The van der Waals surface area contributed by atoms with Crippen molar-refractivity contribution < 1.29 is 22.4 Å². The van der Waals surface area contributed by atoms with E-state index in [1.165, 1.54) is 12.1 Å². The number of furan rings is 1. The van der Waals surface area contributed by atoms with E-state index in [9.17, 15) is 13.2 Å². The molecule has 0 unspecified atom stereocenters. The minimum absolute atomic E-state index is 0.105. The molecule has 1 aromatic heterocycles. The maximum Gasteiger partial charge on any atom is 0.374 e. The fourth-order valence-electron chi connectivity index (χ4n) is 3.11. The van der Waals surface area contributed by atoms with Crippen LogP contribution in [-0.2, 0) is 14.8 Å². The van der Waals surface area contributed by atoms with E-state index in [-0.39, 0.29) is 17.3 Å². The zero-order valence-electron chi connectivity index (χ0n) is 15.6. The molecule has 0 spiro atoms. The van der Waals surface area contributed by atoms with Gasteiger partial charge in [-0.15, -0.1) is 0 Å². The number of piperazine rings is 1. The van der Waals surface area contributed by atoms with Gasteiger partial charge < -0.3 is 14.5 Å². The average Bonchev–Trinajstić information content (AvgIpc) is 2.99. The van der Waals surface area contributed by atoms with Crippen LogP contribution < -0.4 is 10.0 Å². The first-order chi connectivity index (χ1) is 12.9. The molecule has 27 heavy (non-hydrogen) atoms. The van der Waals surface area contributed by atoms with E-state index in [1.807, 2.05) is 0 Å². The summed E-state index contributed by atoms with van der Waals surface area (Å²) in [5.41, 5.74) is 1.02. The molecule has 1 aromatic carbocycles. The van der Waals surface area contributed by atoms with Crippen molar-refractivity contribution in [3.63, 3.8) is 0 Å². The Kier molecular flexibility index (Phi) is 6.15. The smallest absolute Gasteiger partial charge is 0.374 e. The first kappa shape index (κ1) is 19.8. The zero-order chi connectivity index (χ0) is 19.4. The number of hydrogen-bond donors (Lipinski definition) is 2. The highest BCUT2D eigenvalue weighted by Gasteiger charge is 2.21. The summed E-state index contributed by atoms with van der Waals surface area (Å²) in [5, 5.41) is 3.85. The highest BCUT2D eigenvalue weighted by atomic mass is 32.2. The van der Waals surface area contributed by atoms with Crippen LogP contribution in [0.5, 0.6) is 0 Å². The summed E-state index contributed by atoms with van der Waals surface area (Å²) in [5.74, 6) is -0.446. The molecule has 0 atom stereocenters. The summed E-state index contributed by atoms with van der Waals surface area (Å²) in [7, 11) is -3.64. The molecule has 0 radical (unpaired) electrons. The molecule has 3 rings (SSSR count). The van der Waals surface area contributed by atoms with Gasteiger partial charge in [-0.2, -0.15) is 0 Å². The van der Waals surface area contributed by atoms with Crippen molar-refractivity contribution in [3.05, 3.63) is 29.5 Å². The number of nitrogens with zero attached hydrogens (tertiary/aromatic N) is 1. The molecule has 2 heterocycles. The van der Waals surface area contributed by atoms with Gasteiger partial charge in [-0.1, -0.05) is 0 Å². The van der Waals surface area contributed by atoms with Gasteiger partial charge in [-0.25, -0.2) is 17.9 Å². The van der Waals surface area contributed by atoms with Crippen molar-refractivity contribution in [3.8, 4) is 0 Å². The van der Waals surface area contributed by atoms with Gasteiger partial charge >= 0.3 is 5.97 Å². The normalized spacial score (nSPS) is 15.9. The Morgan fingerprint density at radius 2 is 2.07 bits per heavy atom. The van der Waals surface area contributed by atoms with E-state index in [0.29, 0.717) is 29.6 Å². The average molecular weight is 395 g/mol. The number of carbonyl (C=O) groups is 1. The molecule has 0 amide bonds. The Labute approximate surface area is 158 Å². The first-order valence-electron chi connectivity index (χ1n) is 9.05. The summed E-state index contributed by atoms with van der Waals surface area (Å²) in [4.78, 5) is 14.3. The highest BCUT2D eigenvalue weighted by molar-refractivity contribution is 7.89. The van der Waals surface area contributed by atoms with E-state index in [2.05, 4.69) is 14.9 Å². The predicted octanol–water partition coefficient (Wildman–Crippen LogP) is 1.10. The summed E-state index contributed by atoms with van der Waals surface area (Å²) in [6.07, 6.45) is 0. The third kappa shape index (κ3) is 4.49. The van der Waals surface area contributed by atoms with Crippen LogP contribution in [0.3, 0.4) is 0 Å². The fraction of sp³-hybridized carbons (Fsp3) is 0.500. The molecule has 0 saturated carbocycles. The Balaban J connectivity index is 1.74. The van der Waals surface area contributed by atoms with Crippen molar-refractivity contribution >= 4 is 27.0 Å². The maximum absolute atomic E-state index is 12.6. The number of esters is 1. The predicted molar refractivity (Wildman–Crippen MR) is 101 cm³/mol. The largest absolute Gasteiger partial charge is 0.460 e. The molecule has 1 aliphatic rings. The van der Waals surface area contributed by atoms with Crippen LogP contribution in [0.15, 0.2) is 27.5 Å². The van der Waals surface area contributed by atoms with Crippen LogP contribution >= 0.6 is 0 Å². The number of hydrogen-bond acceptors (Lipinski definition) is 7. The molecule has 8 nitrogen and oxygen atoms in total. The van der Waals surface area contributed by atoms with E-state index in [4.69, 9.17) is 9.15 Å². The lowest BCUT2D eigenvalue weighted by Crippen LogP contribution is -2.46. The van der Waals surface area contributed by atoms with E-state index in [1.54, 1.807) is 19.9 Å². The summed E-state index contributed by atoms with van der Waals surface area (Å²) in [6.45, 7) is 8.36. The standard InChI is InChI=1S/C18H25N3O5S/c1-3-25-18(22)17-13(2)15-12-14(4-5-16(15)26-17)27(23,24)20-8-11-21-9-6-19-7-10-21/h4-5,12,19-20H,3,6-11H2,1-2H3. The van der Waals surface area contributed by atoms with E-state index in [0.717, 1.165) is 26.2 Å². The molecule has 0 aliphatic carbocycles. The van der Waals surface area contributed by atoms with Crippen LogP contribution in [0.2, 0.25) is 0 Å². The molecular weight excluding hydrogens is 370 g/mol. The lowest BCUT2D eigenvalue weighted by molar-refractivity contribution is 0.0491. The molecule has 2 aromatic rings. The number of ether oxygens (including phenoxy) is 1. The third-order valence-electron chi connectivity index (χ3n) is 4.61. The lowest BCUT2D eigenvalue weighted by Gasteiger charge is -2.27. The van der Waals surface area contributed by atoms with Crippen LogP contribution in [0.4, 0.5) is 0 Å². The molecule has 2 N–H and O–H groups in total. The number of fused-ring (bicyclic) bond motifs is 1. The molecule has 1 saturated heterocycles. The highest BCUT2D eigenvalue weighted by Crippen LogP contribution is 2.28. The van der Waals surface area contributed by atoms with Crippen LogP contribution in [0, 0.1) is 6.92 Å². The Morgan fingerprint density at radius 1 is 1.33 bits per heavy atom. The van der Waals surface area contributed by atoms with Gasteiger partial charge in [0.15, 0.2) is 0 Å². The SMILES string of the molecule is CCOC(=O)c1oc2ccc(S(=O)(=O)NCCN3CCNCC3)cc2c1C. The van der Waals surface area contributed by atoms with Crippen LogP contribution in [0.25, 0.3) is 11.0 Å². The maximum atomic E-state index is 12.6. The quantitative estimate of drug-likeness (QED) is 0.677. The topological polar surface area (TPSA) is 101 Å². The zero-order valence-corrected chi connectivity index (χ0v) is 16.4. The third-order valence-corrected chi connectivity index (χ3v) is 6.07. The van der Waals surface area contributed by atoms with Crippen molar-refractivity contribution in [2.45, 2.75) is 18.7 Å². The lowest BCUT2D eigenvalue weighted by atomic mass is 10.1. The van der Waals surface area contributed by atoms with Crippen molar-refractivity contribution in [1.29, 1.82) is 0 Å². The number of nitrogens with one attached hydrogen (secondary N) is 2. The van der Waals surface area contributed by atoms with Gasteiger partial charge in [-0.3, -0.25) is 4.90 Å². The number of aryl methyl sites for hydroxylation is 1. The van der Waals surface area contributed by atoms with Gasteiger partial charge in [0.25, 0.3) is 0 Å². The Hall–Kier alpha value is -1.94. The van der Waals surface area contributed by atoms with Gasteiger partial charge in [0, 0.05) is 50.2 Å². The monoisotopic (exact) mass is 395 g/mol. The van der Waals surface area contributed by atoms with Gasteiger partial charge in [0.1, 0.15) is 5.58 Å². The minimum atomic E-state index is -3.64. The van der Waals surface area contributed by atoms with Gasteiger partial charge in [0.2, 0.25) is 15.8 Å². The number of sulfonamides is 1. The van der Waals surface area contributed by atoms with Crippen molar-refractivity contribution in [2.24, 2.45) is 0 Å². The van der Waals surface area contributed by atoms with Crippen molar-refractivity contribution in [2.75, 3.05) is 45.9 Å². The summed E-state index contributed by atoms with van der Waals surface area (Å²) >= 11 is 0.